The number of aryl methyl sites for hydroxylation is 2. The highest BCUT2D eigenvalue weighted by Gasteiger charge is 2.31. The molecule has 0 bridgehead atoms. The topological polar surface area (TPSA) is 47.4 Å². The second-order valence-corrected chi connectivity index (χ2v) is 6.51. The van der Waals surface area contributed by atoms with Crippen LogP contribution in [0.2, 0.25) is 0 Å². The van der Waals surface area contributed by atoms with Gasteiger partial charge in [0, 0.05) is 51.0 Å². The molecule has 2 heterocycles. The van der Waals surface area contributed by atoms with Gasteiger partial charge in [-0.1, -0.05) is 30.3 Å². The van der Waals surface area contributed by atoms with E-state index < -0.39 is 0 Å². The van der Waals surface area contributed by atoms with Gasteiger partial charge in [0.1, 0.15) is 12.4 Å². The Morgan fingerprint density at radius 1 is 1.29 bits per heavy atom. The Kier molecular flexibility index (Phi) is 5.30. The summed E-state index contributed by atoms with van der Waals surface area (Å²) in [5.74, 6) is 1.73. The second-order valence-electron chi connectivity index (χ2n) is 6.51. The van der Waals surface area contributed by atoms with Crippen LogP contribution in [0.15, 0.2) is 36.5 Å². The van der Waals surface area contributed by atoms with E-state index in [-0.39, 0.29) is 5.91 Å². The minimum atomic E-state index is 0.259. The first-order valence-electron chi connectivity index (χ1n) is 8.49. The van der Waals surface area contributed by atoms with Gasteiger partial charge in [0.05, 0.1) is 0 Å². The third-order valence-corrected chi connectivity index (χ3v) is 4.63. The molecule has 1 aromatic heterocycles. The summed E-state index contributed by atoms with van der Waals surface area (Å²) in [6.07, 6.45) is 3.30. The average Bonchev–Trinajstić information content (AvgIpc) is 2.90. The van der Waals surface area contributed by atoms with Gasteiger partial charge in [-0.2, -0.15) is 0 Å². The lowest BCUT2D eigenvalue weighted by atomic mass is 9.98. The third-order valence-electron chi connectivity index (χ3n) is 4.63. The van der Waals surface area contributed by atoms with Gasteiger partial charge in [0.25, 0.3) is 0 Å². The highest BCUT2D eigenvalue weighted by molar-refractivity contribution is 5.77. The van der Waals surface area contributed by atoms with E-state index in [1.165, 1.54) is 5.56 Å². The fraction of sp³-hybridized carbons (Fsp3) is 0.474. The van der Waals surface area contributed by atoms with Crippen molar-refractivity contribution >= 4 is 5.91 Å². The van der Waals surface area contributed by atoms with Crippen molar-refractivity contribution in [1.82, 2.24) is 14.5 Å². The minimum absolute atomic E-state index is 0.259. The molecule has 0 aliphatic carbocycles. The van der Waals surface area contributed by atoms with E-state index in [1.807, 2.05) is 29.3 Å². The first kappa shape index (κ1) is 16.7. The zero-order chi connectivity index (χ0) is 16.9. The van der Waals surface area contributed by atoms with Crippen molar-refractivity contribution in [2.24, 2.45) is 5.92 Å². The molecule has 0 radical (unpaired) electrons. The third kappa shape index (κ3) is 3.85. The average molecular weight is 327 g/mol. The molecule has 1 aliphatic rings. The van der Waals surface area contributed by atoms with Gasteiger partial charge in [0.15, 0.2) is 0 Å². The number of ether oxygens (including phenoxy) is 1. The number of likely N-dealkylation sites (tertiary alicyclic amines) is 1. The summed E-state index contributed by atoms with van der Waals surface area (Å²) < 4.78 is 7.41. The van der Waals surface area contributed by atoms with E-state index in [1.54, 1.807) is 7.11 Å². The Balaban J connectivity index is 1.45. The van der Waals surface area contributed by atoms with Crippen molar-refractivity contribution < 1.29 is 9.53 Å². The molecule has 1 saturated heterocycles. The van der Waals surface area contributed by atoms with Crippen LogP contribution in [0.1, 0.15) is 23.5 Å². The molecule has 1 aromatic carbocycles. The van der Waals surface area contributed by atoms with Crippen LogP contribution in [-0.2, 0) is 29.1 Å². The Morgan fingerprint density at radius 2 is 2.04 bits per heavy atom. The minimum Gasteiger partial charge on any atom is -0.377 e. The van der Waals surface area contributed by atoms with Crippen LogP contribution >= 0.6 is 0 Å². The molecule has 5 nitrogen and oxygen atoms in total. The number of hydrogen-bond donors (Lipinski definition) is 0. The molecule has 1 amide bonds. The van der Waals surface area contributed by atoms with Gasteiger partial charge in [-0.05, 0) is 18.9 Å². The molecule has 0 unspecified atom stereocenters. The molecule has 0 spiro atoms. The number of imidazole rings is 1. The SMILES string of the molecule is COCc1ncc(C)n1CC1CN(C(=O)CCc2ccccc2)C1. The first-order valence-corrected chi connectivity index (χ1v) is 8.49. The number of hydrogen-bond acceptors (Lipinski definition) is 3. The van der Waals surface area contributed by atoms with Gasteiger partial charge in [-0.25, -0.2) is 4.98 Å². The molecule has 128 valence electrons. The van der Waals surface area contributed by atoms with Gasteiger partial charge in [-0.15, -0.1) is 0 Å². The van der Waals surface area contributed by atoms with E-state index >= 15 is 0 Å². The van der Waals surface area contributed by atoms with Crippen molar-refractivity contribution in [2.75, 3.05) is 20.2 Å². The van der Waals surface area contributed by atoms with Crippen molar-refractivity contribution in [3.05, 3.63) is 53.6 Å². The maximum absolute atomic E-state index is 12.3. The van der Waals surface area contributed by atoms with Crippen molar-refractivity contribution in [2.45, 2.75) is 32.9 Å². The summed E-state index contributed by atoms with van der Waals surface area (Å²) >= 11 is 0. The molecule has 0 saturated carbocycles. The van der Waals surface area contributed by atoms with Crippen LogP contribution in [0.3, 0.4) is 0 Å². The van der Waals surface area contributed by atoms with Crippen LogP contribution in [-0.4, -0.2) is 40.6 Å². The Labute approximate surface area is 143 Å². The summed E-state index contributed by atoms with van der Waals surface area (Å²) in [4.78, 5) is 18.6. The van der Waals surface area contributed by atoms with Crippen LogP contribution < -0.4 is 0 Å². The predicted molar refractivity (Wildman–Crippen MR) is 92.5 cm³/mol. The summed E-state index contributed by atoms with van der Waals surface area (Å²) in [5.41, 5.74) is 2.37. The smallest absolute Gasteiger partial charge is 0.222 e. The number of methoxy groups -OCH3 is 1. The van der Waals surface area contributed by atoms with E-state index in [4.69, 9.17) is 4.74 Å². The second kappa shape index (κ2) is 7.62. The lowest BCUT2D eigenvalue weighted by molar-refractivity contribution is -0.137. The van der Waals surface area contributed by atoms with Crippen LogP contribution in [0.4, 0.5) is 0 Å². The molecule has 0 atom stereocenters. The zero-order valence-electron chi connectivity index (χ0n) is 14.4. The van der Waals surface area contributed by atoms with Crippen molar-refractivity contribution in [1.29, 1.82) is 0 Å². The molecular weight excluding hydrogens is 302 g/mol. The quantitative estimate of drug-likeness (QED) is 0.785. The lowest BCUT2D eigenvalue weighted by Crippen LogP contribution is -2.51. The first-order chi connectivity index (χ1) is 11.7. The van der Waals surface area contributed by atoms with Crippen molar-refractivity contribution in [3.63, 3.8) is 0 Å². The van der Waals surface area contributed by atoms with E-state index in [9.17, 15) is 4.79 Å². The molecule has 5 heteroatoms. The van der Waals surface area contributed by atoms with E-state index in [0.717, 1.165) is 37.6 Å². The molecular formula is C19H25N3O2. The summed E-state index contributed by atoms with van der Waals surface area (Å²) in [6.45, 7) is 5.19. The van der Waals surface area contributed by atoms with Gasteiger partial charge < -0.3 is 14.2 Å². The molecule has 1 fully saturated rings. The highest BCUT2D eigenvalue weighted by Crippen LogP contribution is 2.21. The van der Waals surface area contributed by atoms with Crippen LogP contribution in [0.25, 0.3) is 0 Å². The number of benzene rings is 1. The monoisotopic (exact) mass is 327 g/mol. The highest BCUT2D eigenvalue weighted by atomic mass is 16.5. The maximum Gasteiger partial charge on any atom is 0.222 e. The maximum atomic E-state index is 12.3. The normalized spacial score (nSPS) is 14.7. The summed E-state index contributed by atoms with van der Waals surface area (Å²) in [6, 6.07) is 10.2. The summed E-state index contributed by atoms with van der Waals surface area (Å²) in [7, 11) is 1.69. The number of carbonyl (C=O) groups is 1. The Bertz CT molecular complexity index is 675. The number of carbonyl (C=O) groups excluding carboxylic acids is 1. The fourth-order valence-electron chi connectivity index (χ4n) is 3.21. The number of rotatable bonds is 7. The number of aromatic nitrogens is 2. The van der Waals surface area contributed by atoms with E-state index in [2.05, 4.69) is 28.6 Å². The Hall–Kier alpha value is -2.14. The van der Waals surface area contributed by atoms with Crippen LogP contribution in [0.5, 0.6) is 0 Å². The summed E-state index contributed by atoms with van der Waals surface area (Å²) in [5, 5.41) is 0. The van der Waals surface area contributed by atoms with E-state index in [0.29, 0.717) is 18.9 Å². The fourth-order valence-corrected chi connectivity index (χ4v) is 3.21. The number of nitrogens with zero attached hydrogens (tertiary/aromatic N) is 3. The lowest BCUT2D eigenvalue weighted by Gasteiger charge is -2.40. The van der Waals surface area contributed by atoms with Crippen molar-refractivity contribution in [3.8, 4) is 0 Å². The zero-order valence-corrected chi connectivity index (χ0v) is 14.4. The number of amides is 1. The van der Waals surface area contributed by atoms with Gasteiger partial charge >= 0.3 is 0 Å². The largest absolute Gasteiger partial charge is 0.377 e. The molecule has 3 rings (SSSR count). The standard InChI is InChI=1S/C19H25N3O2/c1-15-10-20-18(14-24-2)22(15)13-17-11-21(12-17)19(23)9-8-16-6-4-3-5-7-16/h3-7,10,17H,8-9,11-14H2,1-2H3. The predicted octanol–water partition coefficient (Wildman–Crippen LogP) is 2.43. The molecule has 24 heavy (non-hydrogen) atoms. The molecule has 1 aliphatic heterocycles. The molecule has 0 N–H and O–H groups in total. The van der Waals surface area contributed by atoms with Gasteiger partial charge in [-0.3, -0.25) is 4.79 Å². The van der Waals surface area contributed by atoms with Gasteiger partial charge in [0.2, 0.25) is 5.91 Å². The van der Waals surface area contributed by atoms with Crippen LogP contribution in [0, 0.1) is 12.8 Å². The Morgan fingerprint density at radius 3 is 2.75 bits per heavy atom. The molecule has 2 aromatic rings.